The number of amides is 1. The van der Waals surface area contributed by atoms with Crippen LogP contribution in [0.15, 0.2) is 48.5 Å². The molecule has 20 heavy (non-hydrogen) atoms. The molecule has 0 aliphatic carbocycles. The molecule has 0 spiro atoms. The van der Waals surface area contributed by atoms with E-state index in [-0.39, 0.29) is 5.91 Å². The summed E-state index contributed by atoms with van der Waals surface area (Å²) in [5, 5.41) is 4.36. The van der Waals surface area contributed by atoms with E-state index in [0.29, 0.717) is 21.3 Å². The van der Waals surface area contributed by atoms with E-state index < -0.39 is 0 Å². The van der Waals surface area contributed by atoms with Gasteiger partial charge in [-0.1, -0.05) is 29.8 Å². The second-order valence-electron chi connectivity index (χ2n) is 4.34. The van der Waals surface area contributed by atoms with E-state index in [4.69, 9.17) is 17.3 Å². The van der Waals surface area contributed by atoms with Crippen molar-refractivity contribution >= 4 is 50.3 Å². The van der Waals surface area contributed by atoms with E-state index in [1.54, 1.807) is 18.2 Å². The predicted octanol–water partition coefficient (Wildman–Crippen LogP) is 4.39. The molecule has 0 bridgehead atoms. The lowest BCUT2D eigenvalue weighted by Gasteiger charge is -2.05. The van der Waals surface area contributed by atoms with Crippen LogP contribution in [0.4, 0.5) is 11.4 Å². The first-order valence-electron chi connectivity index (χ1n) is 5.98. The number of thiophene rings is 1. The van der Waals surface area contributed by atoms with Crippen LogP contribution < -0.4 is 11.1 Å². The van der Waals surface area contributed by atoms with Gasteiger partial charge in [0.25, 0.3) is 5.91 Å². The minimum absolute atomic E-state index is 0.145. The number of rotatable bonds is 2. The minimum atomic E-state index is -0.145. The zero-order chi connectivity index (χ0) is 14.1. The topological polar surface area (TPSA) is 55.1 Å². The van der Waals surface area contributed by atoms with Crippen LogP contribution in [0.3, 0.4) is 0 Å². The maximum absolute atomic E-state index is 12.2. The van der Waals surface area contributed by atoms with E-state index in [9.17, 15) is 4.79 Å². The monoisotopic (exact) mass is 302 g/mol. The first-order valence-corrected chi connectivity index (χ1v) is 7.18. The van der Waals surface area contributed by atoms with Gasteiger partial charge in [-0.15, -0.1) is 11.3 Å². The van der Waals surface area contributed by atoms with Crippen LogP contribution in [-0.4, -0.2) is 5.91 Å². The van der Waals surface area contributed by atoms with Crippen molar-refractivity contribution < 1.29 is 4.79 Å². The Bertz CT molecular complexity index is 764. The number of fused-ring (bicyclic) bond motifs is 1. The van der Waals surface area contributed by atoms with Gasteiger partial charge in [0.15, 0.2) is 0 Å². The normalized spacial score (nSPS) is 10.7. The summed E-state index contributed by atoms with van der Waals surface area (Å²) in [6.45, 7) is 0. The van der Waals surface area contributed by atoms with Crippen LogP contribution >= 0.6 is 22.9 Å². The highest BCUT2D eigenvalue weighted by Crippen LogP contribution is 2.27. The van der Waals surface area contributed by atoms with Crippen LogP contribution in [0, 0.1) is 0 Å². The maximum atomic E-state index is 12.2. The Morgan fingerprint density at radius 1 is 1.15 bits per heavy atom. The standard InChI is InChI=1S/C15H11ClN2OS/c16-11-6-5-10(8-12(11)17)18-15(19)14-7-9-3-1-2-4-13(9)20-14/h1-8H,17H2,(H,18,19). The van der Waals surface area contributed by atoms with Crippen molar-refractivity contribution in [3.05, 3.63) is 58.4 Å². The third kappa shape index (κ3) is 2.48. The molecule has 0 saturated carbocycles. The maximum Gasteiger partial charge on any atom is 0.265 e. The molecule has 0 aliphatic rings. The fourth-order valence-corrected chi connectivity index (χ4v) is 2.98. The Morgan fingerprint density at radius 3 is 2.70 bits per heavy atom. The Morgan fingerprint density at radius 2 is 1.95 bits per heavy atom. The number of nitrogens with two attached hydrogens (primary N) is 1. The van der Waals surface area contributed by atoms with Crippen molar-refractivity contribution in [2.75, 3.05) is 11.1 Å². The number of halogens is 1. The van der Waals surface area contributed by atoms with Gasteiger partial charge in [0, 0.05) is 10.4 Å². The average molecular weight is 303 g/mol. The molecule has 0 radical (unpaired) electrons. The van der Waals surface area contributed by atoms with Crippen LogP contribution in [0.25, 0.3) is 10.1 Å². The smallest absolute Gasteiger partial charge is 0.265 e. The van der Waals surface area contributed by atoms with Gasteiger partial charge in [0.2, 0.25) is 0 Å². The van der Waals surface area contributed by atoms with Crippen LogP contribution in [0.5, 0.6) is 0 Å². The van der Waals surface area contributed by atoms with Crippen molar-refractivity contribution in [2.24, 2.45) is 0 Å². The molecule has 0 unspecified atom stereocenters. The summed E-state index contributed by atoms with van der Waals surface area (Å²) in [7, 11) is 0. The van der Waals surface area contributed by atoms with E-state index in [1.807, 2.05) is 30.3 Å². The number of hydrogen-bond donors (Lipinski definition) is 2. The molecule has 0 saturated heterocycles. The van der Waals surface area contributed by atoms with Crippen LogP contribution in [0.2, 0.25) is 5.02 Å². The number of hydrogen-bond acceptors (Lipinski definition) is 3. The summed E-state index contributed by atoms with van der Waals surface area (Å²) in [5.41, 5.74) is 6.79. The van der Waals surface area contributed by atoms with Crippen molar-refractivity contribution in [2.45, 2.75) is 0 Å². The predicted molar refractivity (Wildman–Crippen MR) is 85.6 cm³/mol. The molecule has 100 valence electrons. The second-order valence-corrected chi connectivity index (χ2v) is 5.83. The van der Waals surface area contributed by atoms with Gasteiger partial charge in [-0.05, 0) is 35.7 Å². The molecule has 1 heterocycles. The summed E-state index contributed by atoms with van der Waals surface area (Å²) in [5.74, 6) is -0.145. The van der Waals surface area contributed by atoms with E-state index in [1.165, 1.54) is 11.3 Å². The van der Waals surface area contributed by atoms with E-state index in [0.717, 1.165) is 10.1 Å². The Labute approximate surface area is 125 Å². The van der Waals surface area contributed by atoms with Gasteiger partial charge < -0.3 is 11.1 Å². The second kappa shape index (κ2) is 5.15. The minimum Gasteiger partial charge on any atom is -0.397 e. The molecule has 3 aromatic rings. The third-order valence-electron chi connectivity index (χ3n) is 2.90. The number of carbonyl (C=O) groups excluding carboxylic acids is 1. The lowest BCUT2D eigenvalue weighted by molar-refractivity contribution is 0.103. The molecule has 3 nitrogen and oxygen atoms in total. The quantitative estimate of drug-likeness (QED) is 0.690. The molecule has 1 amide bonds. The number of carbonyl (C=O) groups is 1. The van der Waals surface area contributed by atoms with Gasteiger partial charge in [-0.25, -0.2) is 0 Å². The van der Waals surface area contributed by atoms with Crippen molar-refractivity contribution in [3.63, 3.8) is 0 Å². The van der Waals surface area contributed by atoms with E-state index >= 15 is 0 Å². The number of anilines is 2. The Balaban J connectivity index is 1.86. The SMILES string of the molecule is Nc1cc(NC(=O)c2cc3ccccc3s2)ccc1Cl. The fraction of sp³-hybridized carbons (Fsp3) is 0. The van der Waals surface area contributed by atoms with Gasteiger partial charge >= 0.3 is 0 Å². The summed E-state index contributed by atoms with van der Waals surface area (Å²) < 4.78 is 1.09. The highest BCUT2D eigenvalue weighted by Gasteiger charge is 2.10. The lowest BCUT2D eigenvalue weighted by Crippen LogP contribution is -2.10. The number of nitrogen functional groups attached to an aromatic ring is 1. The highest BCUT2D eigenvalue weighted by atomic mass is 35.5. The van der Waals surface area contributed by atoms with Gasteiger partial charge in [-0.3, -0.25) is 4.79 Å². The molecule has 5 heteroatoms. The van der Waals surface area contributed by atoms with E-state index in [2.05, 4.69) is 5.32 Å². The summed E-state index contributed by atoms with van der Waals surface area (Å²) >= 11 is 7.31. The average Bonchev–Trinajstić information content (AvgIpc) is 2.87. The summed E-state index contributed by atoms with van der Waals surface area (Å²) in [6.07, 6.45) is 0. The molecule has 0 atom stereocenters. The van der Waals surface area contributed by atoms with Gasteiger partial charge in [-0.2, -0.15) is 0 Å². The molecular weight excluding hydrogens is 292 g/mol. The first-order chi connectivity index (χ1) is 9.63. The van der Waals surface area contributed by atoms with Gasteiger partial charge in [0.05, 0.1) is 15.6 Å². The van der Waals surface area contributed by atoms with Crippen molar-refractivity contribution in [3.8, 4) is 0 Å². The zero-order valence-electron chi connectivity index (χ0n) is 10.4. The fourth-order valence-electron chi connectivity index (χ4n) is 1.91. The first kappa shape index (κ1) is 13.0. The third-order valence-corrected chi connectivity index (χ3v) is 4.36. The van der Waals surface area contributed by atoms with Gasteiger partial charge in [0.1, 0.15) is 0 Å². The van der Waals surface area contributed by atoms with Crippen LogP contribution in [-0.2, 0) is 0 Å². The lowest BCUT2D eigenvalue weighted by atomic mass is 10.2. The molecule has 1 aromatic heterocycles. The van der Waals surface area contributed by atoms with Crippen molar-refractivity contribution in [1.82, 2.24) is 0 Å². The zero-order valence-corrected chi connectivity index (χ0v) is 12.0. The molecule has 3 N–H and O–H groups in total. The molecule has 0 fully saturated rings. The Kier molecular flexibility index (Phi) is 3.34. The summed E-state index contributed by atoms with van der Waals surface area (Å²) in [4.78, 5) is 12.9. The van der Waals surface area contributed by atoms with Crippen LogP contribution in [0.1, 0.15) is 9.67 Å². The number of benzene rings is 2. The molecule has 2 aromatic carbocycles. The molecule has 0 aliphatic heterocycles. The molecular formula is C15H11ClN2OS. The largest absolute Gasteiger partial charge is 0.397 e. The highest BCUT2D eigenvalue weighted by molar-refractivity contribution is 7.20. The number of nitrogens with one attached hydrogen (secondary N) is 1. The van der Waals surface area contributed by atoms with Crippen molar-refractivity contribution in [1.29, 1.82) is 0 Å². The molecule has 3 rings (SSSR count). The Hall–Kier alpha value is -2.04. The summed E-state index contributed by atoms with van der Waals surface area (Å²) in [6, 6.07) is 14.8.